The fourth-order valence-electron chi connectivity index (χ4n) is 1.15. The van der Waals surface area contributed by atoms with Crippen molar-refractivity contribution in [3.8, 4) is 0 Å². The van der Waals surface area contributed by atoms with E-state index in [-0.39, 0.29) is 0 Å². The van der Waals surface area contributed by atoms with Gasteiger partial charge in [-0.2, -0.15) is 0 Å². The van der Waals surface area contributed by atoms with Crippen LogP contribution in [0.5, 0.6) is 0 Å². The van der Waals surface area contributed by atoms with Crippen LogP contribution in [0.2, 0.25) is 5.02 Å². The van der Waals surface area contributed by atoms with Crippen molar-refractivity contribution >= 4 is 23.4 Å². The summed E-state index contributed by atoms with van der Waals surface area (Å²) in [7, 11) is 0. The van der Waals surface area contributed by atoms with Crippen molar-refractivity contribution in [2.75, 3.05) is 0 Å². The molecular formula is C13H14ClNS. The molecule has 0 saturated carbocycles. The molecule has 1 aromatic carbocycles. The second kappa shape index (κ2) is 6.46. The van der Waals surface area contributed by atoms with Gasteiger partial charge in [0.1, 0.15) is 0 Å². The van der Waals surface area contributed by atoms with Crippen LogP contribution in [0.4, 0.5) is 0 Å². The molecule has 0 radical (unpaired) electrons. The Bertz CT molecular complexity index is 436. The first-order valence-corrected chi connectivity index (χ1v) is 6.02. The van der Waals surface area contributed by atoms with Gasteiger partial charge in [0.25, 0.3) is 0 Å². The van der Waals surface area contributed by atoms with E-state index in [2.05, 4.69) is 6.58 Å². The van der Waals surface area contributed by atoms with Crippen LogP contribution in [-0.2, 0) is 0 Å². The van der Waals surface area contributed by atoms with Crippen molar-refractivity contribution < 1.29 is 0 Å². The highest BCUT2D eigenvalue weighted by Crippen LogP contribution is 2.33. The fourth-order valence-corrected chi connectivity index (χ4v) is 2.36. The van der Waals surface area contributed by atoms with E-state index in [4.69, 9.17) is 17.3 Å². The summed E-state index contributed by atoms with van der Waals surface area (Å²) in [5.41, 5.74) is 6.52. The molecule has 0 bridgehead atoms. The van der Waals surface area contributed by atoms with Crippen molar-refractivity contribution in [3.05, 3.63) is 64.7 Å². The van der Waals surface area contributed by atoms with Gasteiger partial charge in [0.2, 0.25) is 0 Å². The number of hydrogen-bond acceptors (Lipinski definition) is 2. The summed E-state index contributed by atoms with van der Waals surface area (Å²) < 4.78 is 0. The van der Waals surface area contributed by atoms with E-state index in [1.165, 1.54) is 6.20 Å². The quantitative estimate of drug-likeness (QED) is 0.638. The Balaban J connectivity index is 2.94. The van der Waals surface area contributed by atoms with Crippen LogP contribution >= 0.6 is 23.4 Å². The maximum absolute atomic E-state index is 6.14. The third kappa shape index (κ3) is 3.80. The molecule has 0 aliphatic rings. The van der Waals surface area contributed by atoms with E-state index < -0.39 is 0 Å². The van der Waals surface area contributed by atoms with Gasteiger partial charge in [-0.3, -0.25) is 0 Å². The summed E-state index contributed by atoms with van der Waals surface area (Å²) in [5.74, 6) is 0. The second-order valence-electron chi connectivity index (χ2n) is 3.20. The summed E-state index contributed by atoms with van der Waals surface area (Å²) in [5, 5.41) is 0.755. The van der Waals surface area contributed by atoms with Gasteiger partial charge in [0, 0.05) is 9.80 Å². The minimum Gasteiger partial charge on any atom is -0.405 e. The average Bonchev–Trinajstić information content (AvgIpc) is 2.23. The van der Waals surface area contributed by atoms with Crippen molar-refractivity contribution in [2.45, 2.75) is 11.8 Å². The Kier molecular flexibility index (Phi) is 5.23. The normalized spacial score (nSPS) is 12.0. The van der Waals surface area contributed by atoms with E-state index in [1.54, 1.807) is 17.8 Å². The molecule has 1 rings (SSSR count). The molecular weight excluding hydrogens is 238 g/mol. The average molecular weight is 252 g/mol. The predicted molar refractivity (Wildman–Crippen MR) is 73.7 cm³/mol. The third-order valence-corrected chi connectivity index (χ3v) is 3.37. The molecule has 0 saturated heterocycles. The number of allylic oxidation sites excluding steroid dienone is 3. The van der Waals surface area contributed by atoms with Gasteiger partial charge in [-0.1, -0.05) is 42.1 Å². The van der Waals surface area contributed by atoms with E-state index in [9.17, 15) is 0 Å². The van der Waals surface area contributed by atoms with Crippen LogP contribution in [-0.4, -0.2) is 0 Å². The lowest BCUT2D eigenvalue weighted by Gasteiger charge is -2.05. The summed E-state index contributed by atoms with van der Waals surface area (Å²) >= 11 is 7.71. The van der Waals surface area contributed by atoms with Crippen molar-refractivity contribution in [1.29, 1.82) is 0 Å². The van der Waals surface area contributed by atoms with Crippen LogP contribution in [0, 0.1) is 6.92 Å². The molecule has 0 fully saturated rings. The van der Waals surface area contributed by atoms with Gasteiger partial charge in [-0.05, 0) is 43.0 Å². The van der Waals surface area contributed by atoms with Gasteiger partial charge < -0.3 is 5.73 Å². The van der Waals surface area contributed by atoms with E-state index in [0.717, 1.165) is 20.4 Å². The molecule has 1 nitrogen and oxygen atoms in total. The largest absolute Gasteiger partial charge is 0.405 e. The number of thioether (sulfide) groups is 1. The van der Waals surface area contributed by atoms with Crippen LogP contribution < -0.4 is 5.73 Å². The molecule has 0 aromatic heterocycles. The lowest BCUT2D eigenvalue weighted by Crippen LogP contribution is -1.81. The summed E-state index contributed by atoms with van der Waals surface area (Å²) in [6, 6.07) is 5.98. The number of nitrogens with two attached hydrogens (primary N) is 1. The standard InChI is InChI=1S/C13H14ClNS/c1-3-4-11(7-8-15)16-13-6-5-10(2)9-12(13)14/h3-9H,1,15H2,2H3/b8-7-,11-4+. The summed E-state index contributed by atoms with van der Waals surface area (Å²) in [4.78, 5) is 2.02. The van der Waals surface area contributed by atoms with E-state index in [0.29, 0.717) is 0 Å². The minimum absolute atomic E-state index is 0.755. The molecule has 0 unspecified atom stereocenters. The number of hydrogen-bond donors (Lipinski definition) is 1. The van der Waals surface area contributed by atoms with Crippen LogP contribution in [0.3, 0.4) is 0 Å². The predicted octanol–water partition coefficient (Wildman–Crippen LogP) is 4.28. The maximum Gasteiger partial charge on any atom is 0.0548 e. The van der Waals surface area contributed by atoms with Crippen LogP contribution in [0.25, 0.3) is 0 Å². The van der Waals surface area contributed by atoms with E-state index >= 15 is 0 Å². The first-order valence-electron chi connectivity index (χ1n) is 4.82. The van der Waals surface area contributed by atoms with Gasteiger partial charge in [0.05, 0.1) is 5.02 Å². The fraction of sp³-hybridized carbons (Fsp3) is 0.0769. The molecule has 0 atom stereocenters. The Hall–Kier alpha value is -1.12. The molecule has 1 aromatic rings. The smallest absolute Gasteiger partial charge is 0.0548 e. The topological polar surface area (TPSA) is 26.0 Å². The minimum atomic E-state index is 0.755. The lowest BCUT2D eigenvalue weighted by atomic mass is 10.2. The highest BCUT2D eigenvalue weighted by Gasteiger charge is 2.02. The first-order chi connectivity index (χ1) is 7.67. The number of halogens is 1. The molecule has 0 aliphatic heterocycles. The third-order valence-electron chi connectivity index (χ3n) is 1.86. The molecule has 84 valence electrons. The molecule has 0 aliphatic carbocycles. The Morgan fingerprint density at radius 3 is 2.81 bits per heavy atom. The van der Waals surface area contributed by atoms with Crippen molar-refractivity contribution in [3.63, 3.8) is 0 Å². The van der Waals surface area contributed by atoms with Crippen LogP contribution in [0.1, 0.15) is 5.56 Å². The van der Waals surface area contributed by atoms with Crippen molar-refractivity contribution in [2.24, 2.45) is 5.73 Å². The number of rotatable bonds is 4. The zero-order chi connectivity index (χ0) is 12.0. The molecule has 16 heavy (non-hydrogen) atoms. The molecule has 2 N–H and O–H groups in total. The monoisotopic (exact) mass is 251 g/mol. The SMILES string of the molecule is C=C/C=C(\C=C/N)Sc1ccc(C)cc1Cl. The van der Waals surface area contributed by atoms with Gasteiger partial charge in [-0.25, -0.2) is 0 Å². The van der Waals surface area contributed by atoms with Gasteiger partial charge in [-0.15, -0.1) is 0 Å². The first kappa shape index (κ1) is 12.9. The van der Waals surface area contributed by atoms with Gasteiger partial charge in [0.15, 0.2) is 0 Å². The highest BCUT2D eigenvalue weighted by molar-refractivity contribution is 8.03. The Morgan fingerprint density at radius 1 is 1.50 bits per heavy atom. The van der Waals surface area contributed by atoms with Gasteiger partial charge >= 0.3 is 0 Å². The molecule has 0 amide bonds. The Labute approximate surface area is 106 Å². The summed E-state index contributed by atoms with van der Waals surface area (Å²) in [6.07, 6.45) is 6.95. The maximum atomic E-state index is 6.14. The van der Waals surface area contributed by atoms with E-state index in [1.807, 2.05) is 37.3 Å². The highest BCUT2D eigenvalue weighted by atomic mass is 35.5. The Morgan fingerprint density at radius 2 is 2.25 bits per heavy atom. The zero-order valence-electron chi connectivity index (χ0n) is 9.11. The molecule has 0 heterocycles. The number of aryl methyl sites for hydroxylation is 1. The molecule has 3 heteroatoms. The summed E-state index contributed by atoms with van der Waals surface area (Å²) in [6.45, 7) is 5.68. The number of benzene rings is 1. The molecule has 0 spiro atoms. The zero-order valence-corrected chi connectivity index (χ0v) is 10.7. The second-order valence-corrected chi connectivity index (χ2v) is 4.72. The lowest BCUT2D eigenvalue weighted by molar-refractivity contribution is 1.38. The van der Waals surface area contributed by atoms with Crippen molar-refractivity contribution in [1.82, 2.24) is 0 Å². The van der Waals surface area contributed by atoms with Crippen LogP contribution in [0.15, 0.2) is 59.0 Å².